The van der Waals surface area contributed by atoms with Gasteiger partial charge in [0.15, 0.2) is 11.5 Å². The molecule has 20 heavy (non-hydrogen) atoms. The van der Waals surface area contributed by atoms with Crippen LogP contribution in [0.4, 0.5) is 5.82 Å². The number of anilines is 1. The minimum absolute atomic E-state index is 0.0396. The number of nitrogens with one attached hydrogen (secondary N) is 1. The maximum absolute atomic E-state index is 9.33. The topological polar surface area (TPSA) is 75.9 Å². The number of rotatable bonds is 6. The lowest BCUT2D eigenvalue weighted by atomic mass is 10.2. The van der Waals surface area contributed by atoms with Gasteiger partial charge in [0.05, 0.1) is 19.0 Å². The van der Waals surface area contributed by atoms with Crippen LogP contribution < -0.4 is 5.32 Å². The van der Waals surface area contributed by atoms with Crippen molar-refractivity contribution < 1.29 is 5.11 Å². The van der Waals surface area contributed by atoms with Gasteiger partial charge in [-0.2, -0.15) is 9.97 Å². The highest BCUT2D eigenvalue weighted by Crippen LogP contribution is 2.23. The number of aliphatic hydroxyl groups is 1. The van der Waals surface area contributed by atoms with Gasteiger partial charge in [-0.05, 0) is 23.9 Å². The molecular weight excluding hydrogens is 278 g/mol. The largest absolute Gasteiger partial charge is 0.394 e. The molecule has 1 atom stereocenters. The molecule has 0 saturated heterocycles. The van der Waals surface area contributed by atoms with Crippen LogP contribution in [-0.4, -0.2) is 37.3 Å². The van der Waals surface area contributed by atoms with Crippen LogP contribution in [0.2, 0.25) is 5.28 Å². The zero-order chi connectivity index (χ0) is 14.7. The normalized spacial score (nSPS) is 13.1. The van der Waals surface area contributed by atoms with Crippen molar-refractivity contribution in [2.45, 2.75) is 39.8 Å². The van der Waals surface area contributed by atoms with E-state index in [0.717, 1.165) is 18.5 Å². The number of aromatic nitrogens is 4. The van der Waals surface area contributed by atoms with Gasteiger partial charge in [0.1, 0.15) is 5.52 Å². The highest BCUT2D eigenvalue weighted by molar-refractivity contribution is 6.28. The summed E-state index contributed by atoms with van der Waals surface area (Å²) in [5, 5.41) is 12.7. The van der Waals surface area contributed by atoms with Gasteiger partial charge in [0, 0.05) is 6.54 Å². The number of hydrogen-bond acceptors (Lipinski definition) is 5. The first-order valence-electron chi connectivity index (χ1n) is 6.80. The van der Waals surface area contributed by atoms with Gasteiger partial charge in [-0.1, -0.05) is 20.8 Å². The molecule has 0 aliphatic carbocycles. The fraction of sp³-hybridized carbons (Fsp3) is 0.615. The fourth-order valence-electron chi connectivity index (χ4n) is 2.06. The van der Waals surface area contributed by atoms with E-state index in [4.69, 9.17) is 11.6 Å². The van der Waals surface area contributed by atoms with Gasteiger partial charge in [0.25, 0.3) is 0 Å². The van der Waals surface area contributed by atoms with E-state index >= 15 is 0 Å². The first-order chi connectivity index (χ1) is 9.55. The smallest absolute Gasteiger partial charge is 0.226 e. The molecule has 0 bridgehead atoms. The van der Waals surface area contributed by atoms with E-state index in [2.05, 4.69) is 34.1 Å². The van der Waals surface area contributed by atoms with Crippen molar-refractivity contribution in [1.29, 1.82) is 0 Å². The molecule has 110 valence electrons. The molecule has 0 amide bonds. The molecule has 2 aromatic rings. The molecule has 2 heterocycles. The summed E-state index contributed by atoms with van der Waals surface area (Å²) >= 11 is 5.93. The predicted octanol–water partition coefficient (Wildman–Crippen LogP) is 2.32. The summed E-state index contributed by atoms with van der Waals surface area (Å²) in [5.41, 5.74) is 1.40. The van der Waals surface area contributed by atoms with Crippen LogP contribution in [0, 0.1) is 5.92 Å². The number of imidazole rings is 1. The van der Waals surface area contributed by atoms with E-state index in [1.807, 2.05) is 11.5 Å². The average molecular weight is 298 g/mol. The van der Waals surface area contributed by atoms with Crippen LogP contribution >= 0.6 is 11.6 Å². The van der Waals surface area contributed by atoms with Crippen LogP contribution in [0.1, 0.15) is 27.2 Å². The van der Waals surface area contributed by atoms with Crippen LogP contribution in [0.3, 0.4) is 0 Å². The van der Waals surface area contributed by atoms with Gasteiger partial charge in [0.2, 0.25) is 5.28 Å². The lowest BCUT2D eigenvalue weighted by Crippen LogP contribution is -2.24. The standard InChI is InChI=1S/C13H20ClN5O/c1-4-9(6-20)16-12-10-11(17-13(14)18-12)15-7-19(10)5-8(2)3/h7-9,20H,4-6H2,1-3H3,(H,16,17,18). The van der Waals surface area contributed by atoms with Crippen molar-refractivity contribution in [1.82, 2.24) is 19.5 Å². The first kappa shape index (κ1) is 15.0. The maximum Gasteiger partial charge on any atom is 0.226 e. The Morgan fingerprint density at radius 2 is 2.15 bits per heavy atom. The van der Waals surface area contributed by atoms with Gasteiger partial charge >= 0.3 is 0 Å². The highest BCUT2D eigenvalue weighted by atomic mass is 35.5. The molecule has 6 nitrogen and oxygen atoms in total. The maximum atomic E-state index is 9.33. The lowest BCUT2D eigenvalue weighted by molar-refractivity contribution is 0.271. The third-order valence-corrected chi connectivity index (χ3v) is 3.23. The zero-order valence-electron chi connectivity index (χ0n) is 12.0. The summed E-state index contributed by atoms with van der Waals surface area (Å²) in [6.07, 6.45) is 2.54. The predicted molar refractivity (Wildman–Crippen MR) is 80.0 cm³/mol. The molecule has 2 rings (SSSR count). The van der Waals surface area contributed by atoms with Crippen molar-refractivity contribution in [2.75, 3.05) is 11.9 Å². The minimum atomic E-state index is -0.0634. The van der Waals surface area contributed by atoms with Crippen molar-refractivity contribution in [3.05, 3.63) is 11.6 Å². The summed E-state index contributed by atoms with van der Waals surface area (Å²) in [6.45, 7) is 7.14. The van der Waals surface area contributed by atoms with Gasteiger partial charge in [-0.25, -0.2) is 4.98 Å². The third-order valence-electron chi connectivity index (χ3n) is 3.06. The molecule has 2 N–H and O–H groups in total. The second kappa shape index (κ2) is 6.37. The number of aliphatic hydroxyl groups excluding tert-OH is 1. The van der Waals surface area contributed by atoms with Crippen molar-refractivity contribution in [3.8, 4) is 0 Å². The SMILES string of the molecule is CCC(CO)Nc1nc(Cl)nc2ncn(CC(C)C)c12. The Hall–Kier alpha value is -1.40. The highest BCUT2D eigenvalue weighted by Gasteiger charge is 2.16. The van der Waals surface area contributed by atoms with Gasteiger partial charge < -0.3 is 15.0 Å². The molecule has 0 fully saturated rings. The Kier molecular flexibility index (Phi) is 4.77. The summed E-state index contributed by atoms with van der Waals surface area (Å²) in [7, 11) is 0. The van der Waals surface area contributed by atoms with Crippen molar-refractivity contribution >= 4 is 28.6 Å². The summed E-state index contributed by atoms with van der Waals surface area (Å²) < 4.78 is 2.02. The van der Waals surface area contributed by atoms with Crippen molar-refractivity contribution in [2.24, 2.45) is 5.92 Å². The number of nitrogens with zero attached hydrogens (tertiary/aromatic N) is 4. The lowest BCUT2D eigenvalue weighted by Gasteiger charge is -2.16. The van der Waals surface area contributed by atoms with E-state index in [9.17, 15) is 5.11 Å². The summed E-state index contributed by atoms with van der Waals surface area (Å²) in [6, 6.07) is -0.0634. The Balaban J connectivity index is 2.47. The second-order valence-electron chi connectivity index (χ2n) is 5.24. The van der Waals surface area contributed by atoms with Crippen LogP contribution in [0.25, 0.3) is 11.2 Å². The monoisotopic (exact) mass is 297 g/mol. The molecule has 1 unspecified atom stereocenters. The third kappa shape index (κ3) is 3.19. The first-order valence-corrected chi connectivity index (χ1v) is 7.18. The summed E-state index contributed by atoms with van der Waals surface area (Å²) in [4.78, 5) is 12.7. The quantitative estimate of drug-likeness (QED) is 0.800. The van der Waals surface area contributed by atoms with E-state index < -0.39 is 0 Å². The Morgan fingerprint density at radius 3 is 2.75 bits per heavy atom. The zero-order valence-corrected chi connectivity index (χ0v) is 12.7. The fourth-order valence-corrected chi connectivity index (χ4v) is 2.22. The number of hydrogen-bond donors (Lipinski definition) is 2. The van der Waals surface area contributed by atoms with Crippen LogP contribution in [-0.2, 0) is 6.54 Å². The molecular formula is C13H20ClN5O. The Labute approximate surface area is 123 Å². The van der Waals surface area contributed by atoms with Gasteiger partial charge in [-0.3, -0.25) is 0 Å². The van der Waals surface area contributed by atoms with Crippen LogP contribution in [0.5, 0.6) is 0 Å². The minimum Gasteiger partial charge on any atom is -0.394 e. The van der Waals surface area contributed by atoms with E-state index in [1.165, 1.54) is 0 Å². The van der Waals surface area contributed by atoms with Gasteiger partial charge in [-0.15, -0.1) is 0 Å². The van der Waals surface area contributed by atoms with Crippen LogP contribution in [0.15, 0.2) is 6.33 Å². The number of fused-ring (bicyclic) bond motifs is 1. The van der Waals surface area contributed by atoms with Crippen molar-refractivity contribution in [3.63, 3.8) is 0 Å². The molecule has 0 radical (unpaired) electrons. The molecule has 0 aromatic carbocycles. The molecule has 0 saturated carbocycles. The number of halogens is 1. The van der Waals surface area contributed by atoms with E-state index in [1.54, 1.807) is 6.33 Å². The molecule has 0 spiro atoms. The Bertz CT molecular complexity index is 579. The molecule has 2 aromatic heterocycles. The molecule has 7 heteroatoms. The molecule has 0 aliphatic heterocycles. The Morgan fingerprint density at radius 1 is 1.40 bits per heavy atom. The average Bonchev–Trinajstić information content (AvgIpc) is 2.77. The van der Waals surface area contributed by atoms with E-state index in [-0.39, 0.29) is 17.9 Å². The summed E-state index contributed by atoms with van der Waals surface area (Å²) in [5.74, 6) is 1.11. The second-order valence-corrected chi connectivity index (χ2v) is 5.57. The molecule has 0 aliphatic rings. The van der Waals surface area contributed by atoms with E-state index in [0.29, 0.717) is 17.4 Å².